The number of aromatic nitrogens is 2. The van der Waals surface area contributed by atoms with Crippen LogP contribution in [0.1, 0.15) is 74.8 Å². The number of benzene rings is 1. The van der Waals surface area contributed by atoms with E-state index in [-0.39, 0.29) is 34.0 Å². The first kappa shape index (κ1) is 25.3. The Bertz CT molecular complexity index is 1170. The second kappa shape index (κ2) is 9.50. The van der Waals surface area contributed by atoms with Crippen molar-refractivity contribution in [2.45, 2.75) is 69.6 Å². The minimum atomic E-state index is -0.858. The number of piperazine rings is 1. The summed E-state index contributed by atoms with van der Waals surface area (Å²) in [5.74, 6) is -1.53. The SMILES string of the molecule is C[C@@H]1C[C@@H](O)c2ncnc(N3CCN(C(=O)C(c4cc(F)c(Cl)cc4F)[C@@H]4CCC(C)(C)N4)CC3)c21. The van der Waals surface area contributed by atoms with Crippen molar-refractivity contribution in [1.29, 1.82) is 0 Å². The van der Waals surface area contributed by atoms with E-state index >= 15 is 4.39 Å². The number of rotatable bonds is 4. The molecule has 1 unspecified atom stereocenters. The molecule has 1 amide bonds. The fourth-order valence-electron chi connectivity index (χ4n) is 6.00. The number of halogens is 3. The highest BCUT2D eigenvalue weighted by Crippen LogP contribution is 2.43. The number of nitrogens with one attached hydrogen (secondary N) is 1. The highest BCUT2D eigenvalue weighted by molar-refractivity contribution is 6.30. The van der Waals surface area contributed by atoms with Gasteiger partial charge in [0, 0.05) is 48.9 Å². The summed E-state index contributed by atoms with van der Waals surface area (Å²) in [5, 5.41) is 13.5. The summed E-state index contributed by atoms with van der Waals surface area (Å²) in [6.45, 7) is 8.10. The second-order valence-corrected chi connectivity index (χ2v) is 11.3. The Morgan fingerprint density at radius 2 is 1.92 bits per heavy atom. The Balaban J connectivity index is 1.38. The minimum absolute atomic E-state index is 0.0379. The fraction of sp³-hybridized carbons (Fsp3) is 0.577. The Hall–Kier alpha value is -2.36. The third kappa shape index (κ3) is 4.57. The molecule has 2 aromatic rings. The normalized spacial score (nSPS) is 26.2. The van der Waals surface area contributed by atoms with Crippen LogP contribution in [0.25, 0.3) is 0 Å². The van der Waals surface area contributed by atoms with Crippen LogP contribution in [0.5, 0.6) is 0 Å². The van der Waals surface area contributed by atoms with Crippen molar-refractivity contribution < 1.29 is 18.7 Å². The van der Waals surface area contributed by atoms with Crippen LogP contribution in [-0.2, 0) is 4.79 Å². The van der Waals surface area contributed by atoms with Gasteiger partial charge in [-0.1, -0.05) is 18.5 Å². The molecule has 2 aliphatic heterocycles. The lowest BCUT2D eigenvalue weighted by Crippen LogP contribution is -2.53. The molecule has 194 valence electrons. The van der Waals surface area contributed by atoms with Gasteiger partial charge < -0.3 is 20.2 Å². The molecule has 2 fully saturated rings. The van der Waals surface area contributed by atoms with E-state index in [2.05, 4.69) is 27.1 Å². The van der Waals surface area contributed by atoms with E-state index in [1.165, 1.54) is 6.33 Å². The van der Waals surface area contributed by atoms with E-state index in [0.29, 0.717) is 44.7 Å². The van der Waals surface area contributed by atoms with Gasteiger partial charge in [0.15, 0.2) is 0 Å². The molecule has 36 heavy (non-hydrogen) atoms. The molecule has 4 atom stereocenters. The highest BCUT2D eigenvalue weighted by Gasteiger charge is 2.42. The Morgan fingerprint density at radius 1 is 1.19 bits per heavy atom. The first-order valence-electron chi connectivity index (χ1n) is 12.5. The van der Waals surface area contributed by atoms with Gasteiger partial charge in [-0.25, -0.2) is 18.7 Å². The van der Waals surface area contributed by atoms with E-state index in [4.69, 9.17) is 11.6 Å². The van der Waals surface area contributed by atoms with Crippen LogP contribution in [0.4, 0.5) is 14.6 Å². The third-order valence-electron chi connectivity index (χ3n) is 7.87. The van der Waals surface area contributed by atoms with Gasteiger partial charge in [-0.2, -0.15) is 0 Å². The molecular formula is C26H32ClF2N5O2. The first-order valence-corrected chi connectivity index (χ1v) is 12.9. The molecule has 2 N–H and O–H groups in total. The smallest absolute Gasteiger partial charge is 0.231 e. The van der Waals surface area contributed by atoms with Crippen LogP contribution in [0.15, 0.2) is 18.5 Å². The zero-order valence-electron chi connectivity index (χ0n) is 20.8. The van der Waals surface area contributed by atoms with Gasteiger partial charge in [0.2, 0.25) is 5.91 Å². The molecular weight excluding hydrogens is 488 g/mol. The lowest BCUT2D eigenvalue weighted by atomic mass is 9.88. The number of fused-ring (bicyclic) bond motifs is 1. The predicted octanol–water partition coefficient (Wildman–Crippen LogP) is 3.91. The summed E-state index contributed by atoms with van der Waals surface area (Å²) >= 11 is 5.80. The summed E-state index contributed by atoms with van der Waals surface area (Å²) in [5.41, 5.74) is 1.49. The van der Waals surface area contributed by atoms with Crippen molar-refractivity contribution in [3.8, 4) is 0 Å². The molecule has 3 heterocycles. The van der Waals surface area contributed by atoms with Crippen molar-refractivity contribution in [2.24, 2.45) is 0 Å². The second-order valence-electron chi connectivity index (χ2n) is 10.9. The van der Waals surface area contributed by atoms with Gasteiger partial charge in [-0.15, -0.1) is 0 Å². The molecule has 0 spiro atoms. The Morgan fingerprint density at radius 3 is 2.58 bits per heavy atom. The number of hydrogen-bond donors (Lipinski definition) is 2. The summed E-state index contributed by atoms with van der Waals surface area (Å²) < 4.78 is 29.4. The first-order chi connectivity index (χ1) is 17.1. The average molecular weight is 520 g/mol. The summed E-state index contributed by atoms with van der Waals surface area (Å²) in [7, 11) is 0. The molecule has 1 aromatic carbocycles. The summed E-state index contributed by atoms with van der Waals surface area (Å²) in [6, 6.07) is 1.71. The Labute approximate surface area is 214 Å². The van der Waals surface area contributed by atoms with E-state index in [9.17, 15) is 14.3 Å². The lowest BCUT2D eigenvalue weighted by molar-refractivity contribution is -0.133. The molecule has 2 saturated heterocycles. The monoisotopic (exact) mass is 519 g/mol. The third-order valence-corrected chi connectivity index (χ3v) is 8.16. The number of nitrogens with zero attached hydrogens (tertiary/aromatic N) is 4. The van der Waals surface area contributed by atoms with Crippen LogP contribution in [0, 0.1) is 11.6 Å². The van der Waals surface area contributed by atoms with Crippen molar-refractivity contribution in [3.05, 3.63) is 51.9 Å². The quantitative estimate of drug-likeness (QED) is 0.596. The number of hydrogen-bond acceptors (Lipinski definition) is 6. The van der Waals surface area contributed by atoms with Crippen LogP contribution in [0.2, 0.25) is 5.02 Å². The molecule has 0 bridgehead atoms. The van der Waals surface area contributed by atoms with Crippen LogP contribution in [-0.4, -0.2) is 63.6 Å². The summed E-state index contributed by atoms with van der Waals surface area (Å²) in [4.78, 5) is 26.5. The summed E-state index contributed by atoms with van der Waals surface area (Å²) in [6.07, 6.45) is 3.03. The molecule has 7 nitrogen and oxygen atoms in total. The maximum absolute atomic E-state index is 15.0. The van der Waals surface area contributed by atoms with Crippen LogP contribution in [0.3, 0.4) is 0 Å². The van der Waals surface area contributed by atoms with Crippen molar-refractivity contribution >= 4 is 23.3 Å². The lowest BCUT2D eigenvalue weighted by Gasteiger charge is -2.39. The van der Waals surface area contributed by atoms with Gasteiger partial charge in [-0.05, 0) is 51.2 Å². The number of carbonyl (C=O) groups excluding carboxylic acids is 1. The van der Waals surface area contributed by atoms with Gasteiger partial charge in [0.1, 0.15) is 23.8 Å². The average Bonchev–Trinajstić information content (AvgIpc) is 3.35. The van der Waals surface area contributed by atoms with Crippen molar-refractivity contribution in [3.63, 3.8) is 0 Å². The van der Waals surface area contributed by atoms with E-state index in [0.717, 1.165) is 29.9 Å². The maximum Gasteiger partial charge on any atom is 0.231 e. The van der Waals surface area contributed by atoms with Crippen LogP contribution >= 0.6 is 11.6 Å². The standard InChI is InChI=1S/C26H32ClF2N5O2/c1-14-10-20(35)23-21(14)24(31-13-30-23)33-6-8-34(9-7-33)25(36)22(19-4-5-26(2,3)32-19)15-11-18(29)16(27)12-17(15)28/h11-14,19-20,22,32,35H,4-10H2,1-3H3/t14-,19+,20-,22?/m1/s1. The largest absolute Gasteiger partial charge is 0.387 e. The number of carbonyl (C=O) groups is 1. The molecule has 10 heteroatoms. The molecule has 1 aromatic heterocycles. The van der Waals surface area contributed by atoms with Gasteiger partial charge in [-0.3, -0.25) is 4.79 Å². The van der Waals surface area contributed by atoms with E-state index in [1.807, 2.05) is 13.8 Å². The van der Waals surface area contributed by atoms with Crippen molar-refractivity contribution in [2.75, 3.05) is 31.1 Å². The van der Waals surface area contributed by atoms with Gasteiger partial charge >= 0.3 is 0 Å². The number of aliphatic hydroxyl groups excluding tert-OH is 1. The fourth-order valence-corrected chi connectivity index (χ4v) is 6.15. The molecule has 0 radical (unpaired) electrons. The van der Waals surface area contributed by atoms with E-state index in [1.54, 1.807) is 4.90 Å². The number of anilines is 1. The van der Waals surface area contributed by atoms with Crippen molar-refractivity contribution in [1.82, 2.24) is 20.2 Å². The zero-order chi connectivity index (χ0) is 25.8. The maximum atomic E-state index is 15.0. The van der Waals surface area contributed by atoms with Crippen LogP contribution < -0.4 is 10.2 Å². The highest BCUT2D eigenvalue weighted by atomic mass is 35.5. The van der Waals surface area contributed by atoms with Gasteiger partial charge in [0.05, 0.1) is 22.7 Å². The predicted molar refractivity (Wildman–Crippen MR) is 133 cm³/mol. The zero-order valence-corrected chi connectivity index (χ0v) is 21.5. The molecule has 0 saturated carbocycles. The Kier molecular flexibility index (Phi) is 6.68. The molecule has 1 aliphatic carbocycles. The van der Waals surface area contributed by atoms with E-state index < -0.39 is 23.7 Å². The number of aliphatic hydroxyl groups is 1. The van der Waals surface area contributed by atoms with Gasteiger partial charge in [0.25, 0.3) is 0 Å². The molecule has 5 rings (SSSR count). The minimum Gasteiger partial charge on any atom is -0.387 e. The molecule has 3 aliphatic rings. The topological polar surface area (TPSA) is 81.6 Å². The number of amides is 1.